The fraction of sp³-hybridized carbons (Fsp3) is 0.818. The minimum atomic E-state index is -2.30. The summed E-state index contributed by atoms with van der Waals surface area (Å²) >= 11 is 0. The summed E-state index contributed by atoms with van der Waals surface area (Å²) in [7, 11) is 0. The van der Waals surface area contributed by atoms with Gasteiger partial charge in [-0.1, -0.05) is 19.8 Å². The molecule has 0 bridgehead atoms. The van der Waals surface area contributed by atoms with Crippen molar-refractivity contribution in [1.82, 2.24) is 0 Å². The van der Waals surface area contributed by atoms with E-state index in [9.17, 15) is 34.5 Å². The van der Waals surface area contributed by atoms with Crippen LogP contribution in [0.15, 0.2) is 0 Å². The van der Waals surface area contributed by atoms with Gasteiger partial charge in [-0.05, 0) is 25.7 Å². The Labute approximate surface area is 193 Å². The molecular formula is C22H26O12. The number of esters is 3. The van der Waals surface area contributed by atoms with E-state index in [1.807, 2.05) is 6.92 Å². The normalized spacial score (nSPS) is 53.8. The molecular weight excluding hydrogens is 456 g/mol. The van der Waals surface area contributed by atoms with Gasteiger partial charge in [-0.25, -0.2) is 14.4 Å². The van der Waals surface area contributed by atoms with Crippen molar-refractivity contribution in [2.24, 2.45) is 22.7 Å². The molecule has 2 aliphatic carbocycles. The molecule has 4 aliphatic heterocycles. The van der Waals surface area contributed by atoms with Crippen LogP contribution in [-0.4, -0.2) is 87.7 Å². The van der Waals surface area contributed by atoms with Crippen LogP contribution in [0.25, 0.3) is 0 Å². The number of carbonyl (C=O) groups excluding carboxylic acids is 3. The van der Waals surface area contributed by atoms with E-state index in [2.05, 4.69) is 0 Å². The number of rotatable bonds is 6. The molecule has 0 radical (unpaired) electrons. The van der Waals surface area contributed by atoms with Crippen molar-refractivity contribution < 1.29 is 58.2 Å². The van der Waals surface area contributed by atoms with Gasteiger partial charge in [-0.2, -0.15) is 0 Å². The zero-order valence-electron chi connectivity index (χ0n) is 18.6. The van der Waals surface area contributed by atoms with Gasteiger partial charge < -0.3 is 39.0 Å². The first-order valence-corrected chi connectivity index (χ1v) is 11.6. The monoisotopic (exact) mass is 482 g/mol. The number of aliphatic hydroxyl groups excluding tert-OH is 1. The van der Waals surface area contributed by atoms with Crippen molar-refractivity contribution in [2.75, 3.05) is 6.61 Å². The average Bonchev–Trinajstić information content (AvgIpc) is 3.48. The molecule has 34 heavy (non-hydrogen) atoms. The summed E-state index contributed by atoms with van der Waals surface area (Å²) in [6, 6.07) is 0. The van der Waals surface area contributed by atoms with E-state index in [0.29, 0.717) is 6.42 Å². The van der Waals surface area contributed by atoms with Crippen LogP contribution >= 0.6 is 0 Å². The van der Waals surface area contributed by atoms with Crippen molar-refractivity contribution in [3.8, 4) is 0 Å². The third kappa shape index (κ3) is 1.86. The number of unbranched alkanes of at least 4 members (excludes halogenated alkanes) is 1. The predicted molar refractivity (Wildman–Crippen MR) is 103 cm³/mol. The lowest BCUT2D eigenvalue weighted by atomic mass is 9.53. The van der Waals surface area contributed by atoms with Crippen LogP contribution in [0.2, 0.25) is 0 Å². The molecule has 11 atom stereocenters. The van der Waals surface area contributed by atoms with Crippen LogP contribution in [0.4, 0.5) is 0 Å². The van der Waals surface area contributed by atoms with Gasteiger partial charge in [0.25, 0.3) is 0 Å². The minimum Gasteiger partial charge on any atom is -0.480 e. The smallest absolute Gasteiger partial charge is 0.343 e. The Morgan fingerprint density at radius 3 is 2.59 bits per heavy atom. The highest BCUT2D eigenvalue weighted by Gasteiger charge is 3.03. The predicted octanol–water partition coefficient (Wildman–Crippen LogP) is -1.12. The van der Waals surface area contributed by atoms with Crippen molar-refractivity contribution in [2.45, 2.75) is 81.4 Å². The summed E-state index contributed by atoms with van der Waals surface area (Å²) < 4.78 is 28.4. The van der Waals surface area contributed by atoms with E-state index in [0.717, 1.165) is 12.8 Å². The first-order valence-electron chi connectivity index (χ1n) is 11.6. The molecule has 0 aromatic rings. The van der Waals surface area contributed by atoms with Crippen molar-refractivity contribution >= 4 is 23.9 Å². The fourth-order valence-electron chi connectivity index (χ4n) is 8.34. The molecule has 12 heteroatoms. The Bertz CT molecular complexity index is 1010. The second-order valence-electron chi connectivity index (χ2n) is 10.3. The standard InChI is InChI=1S/C22H26O12/c1-3-4-5-9-6-10-20-12(25)13-21(29,8(2)15(26)32-13)22(20,17(28)31-10)34-18-19(9,20)14(16(27)33-18)30-7-11(23)24/h8-10,12-14,18,25,29H,3-7H2,1-2H3,(H,23,24)/t8?,9-,10?,12+,13?,14+,18+,19?,20?,21-,22+/m1/s1. The topological polar surface area (TPSA) is 175 Å². The van der Waals surface area contributed by atoms with E-state index in [-0.39, 0.29) is 6.42 Å². The average molecular weight is 482 g/mol. The number of carboxylic acids is 1. The fourth-order valence-corrected chi connectivity index (χ4v) is 8.34. The third-order valence-electron chi connectivity index (χ3n) is 9.35. The lowest BCUT2D eigenvalue weighted by molar-refractivity contribution is -0.239. The van der Waals surface area contributed by atoms with Crippen LogP contribution < -0.4 is 0 Å². The number of ether oxygens (including phenoxy) is 5. The molecule has 6 rings (SSSR count). The van der Waals surface area contributed by atoms with Crippen LogP contribution in [0, 0.1) is 22.7 Å². The molecule has 0 aromatic carbocycles. The minimum absolute atomic E-state index is 0.221. The Balaban J connectivity index is 1.62. The number of hydrogen-bond acceptors (Lipinski definition) is 11. The van der Waals surface area contributed by atoms with Gasteiger partial charge in [0.05, 0.1) is 16.7 Å². The summed E-state index contributed by atoms with van der Waals surface area (Å²) in [5.74, 6) is -5.67. The zero-order chi connectivity index (χ0) is 24.4. The quantitative estimate of drug-likeness (QED) is 0.308. The number of aliphatic carboxylic acids is 1. The number of fused-ring (bicyclic) bond motifs is 1. The molecule has 0 amide bonds. The Morgan fingerprint density at radius 2 is 1.91 bits per heavy atom. The van der Waals surface area contributed by atoms with Crippen molar-refractivity contribution in [1.29, 1.82) is 0 Å². The third-order valence-corrected chi connectivity index (χ3v) is 9.35. The number of hydrogen-bond donors (Lipinski definition) is 3. The van der Waals surface area contributed by atoms with Gasteiger partial charge in [0.2, 0.25) is 11.9 Å². The number of aliphatic hydroxyl groups is 2. The number of carbonyl (C=O) groups is 4. The van der Waals surface area contributed by atoms with Crippen LogP contribution in [-0.2, 0) is 42.9 Å². The zero-order valence-corrected chi connectivity index (χ0v) is 18.6. The lowest BCUT2D eigenvalue weighted by Crippen LogP contribution is -2.67. The molecule has 186 valence electrons. The second kappa shape index (κ2) is 6.48. The Hall–Kier alpha value is -2.28. The second-order valence-corrected chi connectivity index (χ2v) is 10.3. The maximum absolute atomic E-state index is 13.5. The molecule has 0 aromatic heterocycles. The van der Waals surface area contributed by atoms with Gasteiger partial charge in [0, 0.05) is 0 Å². The highest BCUT2D eigenvalue weighted by atomic mass is 16.8. The molecule has 2 saturated carbocycles. The van der Waals surface area contributed by atoms with Crippen molar-refractivity contribution in [3.05, 3.63) is 0 Å². The summed E-state index contributed by atoms with van der Waals surface area (Å²) in [4.78, 5) is 50.4. The first-order chi connectivity index (χ1) is 16.1. The Morgan fingerprint density at radius 1 is 1.18 bits per heavy atom. The largest absolute Gasteiger partial charge is 0.480 e. The summed E-state index contributed by atoms with van der Waals surface area (Å²) in [5.41, 5.74) is -7.87. The molecule has 4 heterocycles. The molecule has 3 N–H and O–H groups in total. The highest BCUT2D eigenvalue weighted by Crippen LogP contribution is 2.83. The van der Waals surface area contributed by atoms with E-state index < -0.39 is 95.1 Å². The van der Waals surface area contributed by atoms with Crippen LogP contribution in [0.5, 0.6) is 0 Å². The summed E-state index contributed by atoms with van der Waals surface area (Å²) in [6.45, 7) is 2.53. The van der Waals surface area contributed by atoms with E-state index in [4.69, 9.17) is 23.7 Å². The van der Waals surface area contributed by atoms with Gasteiger partial charge in [0.15, 0.2) is 17.8 Å². The molecule has 12 nitrogen and oxygen atoms in total. The maximum Gasteiger partial charge on any atom is 0.343 e. The molecule has 6 aliphatic rings. The molecule has 5 unspecified atom stereocenters. The van der Waals surface area contributed by atoms with Crippen LogP contribution in [0.1, 0.15) is 39.5 Å². The number of carboxylic acid groups (broad SMARTS) is 1. The Kier molecular flexibility index (Phi) is 4.23. The van der Waals surface area contributed by atoms with Crippen LogP contribution in [0.3, 0.4) is 0 Å². The van der Waals surface area contributed by atoms with Gasteiger partial charge in [-0.15, -0.1) is 0 Å². The van der Waals surface area contributed by atoms with E-state index >= 15 is 0 Å². The molecule has 2 spiro atoms. The summed E-state index contributed by atoms with van der Waals surface area (Å²) in [6.07, 6.45) is -4.81. The SMILES string of the molecule is CCCC[C@@H]1CC2OC(=O)[C@]34O[C@@H]5OC(=O)[C@H](OCC(=O)O)C15C23[C@@H](O)C1OC(=O)C(C)[C@@]14O. The first kappa shape index (κ1) is 22.2. The van der Waals surface area contributed by atoms with Gasteiger partial charge in [-0.3, -0.25) is 4.79 Å². The van der Waals surface area contributed by atoms with E-state index in [1.165, 1.54) is 6.92 Å². The maximum atomic E-state index is 13.5. The van der Waals surface area contributed by atoms with Gasteiger partial charge in [0.1, 0.15) is 18.8 Å². The molecule has 6 fully saturated rings. The van der Waals surface area contributed by atoms with Crippen molar-refractivity contribution in [3.63, 3.8) is 0 Å². The van der Waals surface area contributed by atoms with E-state index in [1.54, 1.807) is 0 Å². The summed E-state index contributed by atoms with van der Waals surface area (Å²) in [5, 5.41) is 33.0. The highest BCUT2D eigenvalue weighted by molar-refractivity contribution is 5.94. The molecule has 4 saturated heterocycles. The van der Waals surface area contributed by atoms with Gasteiger partial charge >= 0.3 is 23.9 Å². The lowest BCUT2D eigenvalue weighted by Gasteiger charge is -2.45.